The Balaban J connectivity index is 1.85. The molecule has 0 aliphatic carbocycles. The fraction of sp³-hybridized carbons (Fsp3) is 0.316. The number of ether oxygens (including phenoxy) is 1. The highest BCUT2D eigenvalue weighted by atomic mass is 16.5. The highest BCUT2D eigenvalue weighted by Crippen LogP contribution is 2.32. The van der Waals surface area contributed by atoms with Gasteiger partial charge in [0.1, 0.15) is 5.75 Å². The summed E-state index contributed by atoms with van der Waals surface area (Å²) in [6.07, 6.45) is 0. The summed E-state index contributed by atoms with van der Waals surface area (Å²) in [5.41, 5.74) is 3.79. The third kappa shape index (κ3) is 3.16. The summed E-state index contributed by atoms with van der Waals surface area (Å²) in [6, 6.07) is 13.3. The monoisotopic (exact) mass is 311 g/mol. The normalized spacial score (nSPS) is 14.1. The number of carboxylic acids is 1. The molecule has 0 fully saturated rings. The molecule has 1 heterocycles. The minimum Gasteiger partial charge on any atom is -0.478 e. The maximum absolute atomic E-state index is 10.9. The van der Waals surface area contributed by atoms with Crippen molar-refractivity contribution in [2.24, 2.45) is 0 Å². The van der Waals surface area contributed by atoms with Crippen LogP contribution in [0, 0.1) is 0 Å². The predicted molar refractivity (Wildman–Crippen MR) is 90.2 cm³/mol. The molecule has 1 aliphatic rings. The number of benzene rings is 2. The first-order chi connectivity index (χ1) is 10.8. The van der Waals surface area contributed by atoms with Crippen LogP contribution in [0.25, 0.3) is 0 Å². The van der Waals surface area contributed by atoms with E-state index in [1.165, 1.54) is 5.56 Å². The van der Waals surface area contributed by atoms with Crippen molar-refractivity contribution in [3.8, 4) is 5.75 Å². The number of aromatic carboxylic acids is 1. The van der Waals surface area contributed by atoms with Crippen molar-refractivity contribution < 1.29 is 14.6 Å². The first-order valence-corrected chi connectivity index (χ1v) is 7.69. The van der Waals surface area contributed by atoms with Gasteiger partial charge in [-0.05, 0) is 47.4 Å². The number of rotatable bonds is 2. The van der Waals surface area contributed by atoms with Crippen LogP contribution in [0.4, 0.5) is 5.69 Å². The molecule has 0 saturated heterocycles. The molecule has 0 spiro atoms. The van der Waals surface area contributed by atoms with Crippen molar-refractivity contribution in [1.82, 2.24) is 0 Å². The smallest absolute Gasteiger partial charge is 0.335 e. The Morgan fingerprint density at radius 1 is 1.13 bits per heavy atom. The van der Waals surface area contributed by atoms with Gasteiger partial charge in [-0.15, -0.1) is 0 Å². The van der Waals surface area contributed by atoms with E-state index in [2.05, 4.69) is 37.8 Å². The van der Waals surface area contributed by atoms with Crippen LogP contribution in [0.1, 0.15) is 42.3 Å². The zero-order chi connectivity index (χ0) is 16.6. The molecule has 0 aromatic heterocycles. The maximum Gasteiger partial charge on any atom is 0.335 e. The quantitative estimate of drug-likeness (QED) is 0.909. The molecule has 2 aromatic carbocycles. The fourth-order valence-electron chi connectivity index (χ4n) is 2.69. The zero-order valence-electron chi connectivity index (χ0n) is 13.7. The van der Waals surface area contributed by atoms with Crippen LogP contribution in [0.5, 0.6) is 5.75 Å². The van der Waals surface area contributed by atoms with E-state index in [4.69, 9.17) is 9.84 Å². The average Bonchev–Trinajstić information content (AvgIpc) is 2.53. The van der Waals surface area contributed by atoms with Gasteiger partial charge in [0.15, 0.2) is 6.73 Å². The highest BCUT2D eigenvalue weighted by Gasteiger charge is 2.21. The Morgan fingerprint density at radius 2 is 1.83 bits per heavy atom. The average molecular weight is 311 g/mol. The molecular weight excluding hydrogens is 290 g/mol. The van der Waals surface area contributed by atoms with Crippen LogP contribution in [0.3, 0.4) is 0 Å². The third-order valence-electron chi connectivity index (χ3n) is 4.14. The Bertz CT molecular complexity index is 729. The molecule has 0 saturated carbocycles. The van der Waals surface area contributed by atoms with Crippen LogP contribution in [0.15, 0.2) is 42.5 Å². The topological polar surface area (TPSA) is 49.8 Å². The van der Waals surface area contributed by atoms with Crippen molar-refractivity contribution in [2.45, 2.75) is 32.7 Å². The van der Waals surface area contributed by atoms with Gasteiger partial charge in [0.25, 0.3) is 0 Å². The maximum atomic E-state index is 10.9. The number of fused-ring (bicyclic) bond motifs is 1. The number of nitrogens with zero attached hydrogens (tertiary/aromatic N) is 1. The van der Waals surface area contributed by atoms with E-state index in [9.17, 15) is 4.79 Å². The summed E-state index contributed by atoms with van der Waals surface area (Å²) in [5.74, 6) is 0.0167. The van der Waals surface area contributed by atoms with Gasteiger partial charge in [-0.25, -0.2) is 4.79 Å². The van der Waals surface area contributed by atoms with Crippen molar-refractivity contribution in [2.75, 3.05) is 11.6 Å². The highest BCUT2D eigenvalue weighted by molar-refractivity contribution is 5.88. The molecule has 0 atom stereocenters. The van der Waals surface area contributed by atoms with E-state index < -0.39 is 5.97 Å². The van der Waals surface area contributed by atoms with Crippen molar-refractivity contribution in [3.63, 3.8) is 0 Å². The van der Waals surface area contributed by atoms with Gasteiger partial charge in [-0.2, -0.15) is 0 Å². The first-order valence-electron chi connectivity index (χ1n) is 7.69. The Morgan fingerprint density at radius 3 is 2.43 bits per heavy atom. The molecule has 0 unspecified atom stereocenters. The molecule has 120 valence electrons. The van der Waals surface area contributed by atoms with Crippen molar-refractivity contribution >= 4 is 11.7 Å². The van der Waals surface area contributed by atoms with Crippen LogP contribution in [-0.2, 0) is 12.0 Å². The summed E-state index contributed by atoms with van der Waals surface area (Å²) in [4.78, 5) is 13.0. The summed E-state index contributed by atoms with van der Waals surface area (Å²) < 4.78 is 5.85. The van der Waals surface area contributed by atoms with Crippen LogP contribution < -0.4 is 9.64 Å². The molecule has 23 heavy (non-hydrogen) atoms. The van der Waals surface area contributed by atoms with Gasteiger partial charge in [0.05, 0.1) is 5.56 Å². The van der Waals surface area contributed by atoms with Crippen LogP contribution in [-0.4, -0.2) is 17.8 Å². The van der Waals surface area contributed by atoms with E-state index in [0.29, 0.717) is 12.3 Å². The molecule has 1 N–H and O–H groups in total. The first kappa shape index (κ1) is 15.4. The number of anilines is 1. The van der Waals surface area contributed by atoms with Crippen LogP contribution >= 0.6 is 0 Å². The number of hydrogen-bond donors (Lipinski definition) is 1. The van der Waals surface area contributed by atoms with E-state index in [1.54, 1.807) is 12.1 Å². The Hall–Kier alpha value is -2.49. The molecule has 2 aromatic rings. The molecule has 4 heteroatoms. The van der Waals surface area contributed by atoms with Crippen molar-refractivity contribution in [3.05, 3.63) is 59.2 Å². The molecule has 3 rings (SSSR count). The van der Waals surface area contributed by atoms with Gasteiger partial charge in [-0.1, -0.05) is 26.8 Å². The lowest BCUT2D eigenvalue weighted by molar-refractivity contribution is 0.0697. The summed E-state index contributed by atoms with van der Waals surface area (Å²) in [7, 11) is 0. The molecular formula is C19H21NO3. The molecule has 1 aliphatic heterocycles. The molecule has 0 radical (unpaired) electrons. The van der Waals surface area contributed by atoms with E-state index in [1.807, 2.05) is 18.2 Å². The SMILES string of the molecule is CC(C)(C)c1ccc2c(c1)CN(c1ccc(C(=O)O)cc1)CO2. The Labute approximate surface area is 136 Å². The molecule has 0 bridgehead atoms. The van der Waals surface area contributed by atoms with Gasteiger partial charge in [0.2, 0.25) is 0 Å². The standard InChI is InChI=1S/C19H21NO3/c1-19(2,3)15-6-9-17-14(10-15)11-20(12-23-17)16-7-4-13(5-8-16)18(21)22/h4-10H,11-12H2,1-3H3,(H,21,22). The largest absolute Gasteiger partial charge is 0.478 e. The molecule has 0 amide bonds. The number of hydrogen-bond acceptors (Lipinski definition) is 3. The lowest BCUT2D eigenvalue weighted by Crippen LogP contribution is -2.32. The van der Waals surface area contributed by atoms with Gasteiger partial charge < -0.3 is 14.7 Å². The zero-order valence-corrected chi connectivity index (χ0v) is 13.7. The summed E-state index contributed by atoms with van der Waals surface area (Å²) in [6.45, 7) is 7.81. The second kappa shape index (κ2) is 5.61. The third-order valence-corrected chi connectivity index (χ3v) is 4.14. The second-order valence-corrected chi connectivity index (χ2v) is 6.90. The number of carboxylic acid groups (broad SMARTS) is 1. The van der Waals surface area contributed by atoms with E-state index >= 15 is 0 Å². The lowest BCUT2D eigenvalue weighted by Gasteiger charge is -2.32. The molecule has 4 nitrogen and oxygen atoms in total. The van der Waals surface area contributed by atoms with Gasteiger partial charge >= 0.3 is 5.97 Å². The van der Waals surface area contributed by atoms with E-state index in [0.717, 1.165) is 23.5 Å². The van der Waals surface area contributed by atoms with Crippen LogP contribution in [0.2, 0.25) is 0 Å². The van der Waals surface area contributed by atoms with Gasteiger partial charge in [-0.3, -0.25) is 0 Å². The second-order valence-electron chi connectivity index (χ2n) is 6.90. The Kier molecular flexibility index (Phi) is 3.76. The minimum absolute atomic E-state index is 0.0977. The fourth-order valence-corrected chi connectivity index (χ4v) is 2.69. The summed E-state index contributed by atoms with van der Waals surface area (Å²) in [5, 5.41) is 8.98. The van der Waals surface area contributed by atoms with E-state index in [-0.39, 0.29) is 5.41 Å². The van der Waals surface area contributed by atoms with Crippen molar-refractivity contribution in [1.29, 1.82) is 0 Å². The minimum atomic E-state index is -0.911. The van der Waals surface area contributed by atoms with Gasteiger partial charge in [0, 0.05) is 17.8 Å². The summed E-state index contributed by atoms with van der Waals surface area (Å²) >= 11 is 0. The predicted octanol–water partition coefficient (Wildman–Crippen LogP) is 4.04. The lowest BCUT2D eigenvalue weighted by atomic mass is 9.86. The number of carbonyl (C=O) groups is 1.